The molecule has 1 amide bonds. The predicted octanol–water partition coefficient (Wildman–Crippen LogP) is 5.63. The number of rotatable bonds is 10. The van der Waals surface area contributed by atoms with Crippen LogP contribution in [0.3, 0.4) is 0 Å². The first-order valence-electron chi connectivity index (χ1n) is 10.6. The van der Waals surface area contributed by atoms with Crippen molar-refractivity contribution in [3.05, 3.63) is 47.0 Å². The third kappa shape index (κ3) is 5.72. The Balaban J connectivity index is 1.51. The normalized spacial score (nSPS) is 10.7. The van der Waals surface area contributed by atoms with E-state index in [2.05, 4.69) is 37.9 Å². The zero-order valence-electron chi connectivity index (χ0n) is 19.5. The van der Waals surface area contributed by atoms with Gasteiger partial charge in [-0.3, -0.25) is 0 Å². The molecule has 184 valence electrons. The number of carbonyl (C=O) groups excluding carboxylic acids is 1. The van der Waals surface area contributed by atoms with E-state index in [0.717, 1.165) is 17.1 Å². The highest BCUT2D eigenvalue weighted by Gasteiger charge is 2.18. The molecule has 0 atom stereocenters. The highest BCUT2D eigenvalue weighted by Crippen LogP contribution is 2.40. The van der Waals surface area contributed by atoms with Gasteiger partial charge in [0.25, 0.3) is 5.19 Å². The van der Waals surface area contributed by atoms with Gasteiger partial charge in [-0.1, -0.05) is 29.5 Å². The maximum Gasteiger partial charge on any atom is 0.407 e. The van der Waals surface area contributed by atoms with E-state index in [9.17, 15) is 4.79 Å². The lowest BCUT2D eigenvalue weighted by Gasteiger charge is -2.10. The molecule has 2 N–H and O–H groups in total. The monoisotopic (exact) mass is 516 g/mol. The maximum absolute atomic E-state index is 11.2. The summed E-state index contributed by atoms with van der Waals surface area (Å²) in [6.07, 6.45) is 0.392. The van der Waals surface area contributed by atoms with Gasteiger partial charge in [-0.15, -0.1) is 0 Å². The molecule has 0 fully saturated rings. The van der Waals surface area contributed by atoms with E-state index < -0.39 is 6.09 Å². The Morgan fingerprint density at radius 2 is 1.97 bits per heavy atom. The van der Waals surface area contributed by atoms with Crippen molar-refractivity contribution in [2.75, 3.05) is 26.1 Å². The van der Waals surface area contributed by atoms with Crippen molar-refractivity contribution < 1.29 is 28.3 Å². The molecule has 2 aromatic carbocycles. The number of hydrogen-bond donors (Lipinski definition) is 2. The standard InChI is InChI=1S/C23H24N4O6S2/c1-5-13-6-7-16(29-2)19(8-13)35-27-21-20-17(30-3)9-15(10-18(20)33-26-21)32-23-25-14(12-34-23)11-24-22(28)31-4/h6-10,12H,5,11H2,1-4H3,(H,24,28)(H,26,27). The van der Waals surface area contributed by atoms with Crippen LogP contribution in [0.2, 0.25) is 0 Å². The van der Waals surface area contributed by atoms with Gasteiger partial charge in [0, 0.05) is 17.5 Å². The molecule has 2 heterocycles. The average molecular weight is 517 g/mol. The molecule has 4 rings (SSSR count). The minimum Gasteiger partial charge on any atom is -0.496 e. The minimum absolute atomic E-state index is 0.232. The van der Waals surface area contributed by atoms with Crippen LogP contribution in [-0.4, -0.2) is 37.6 Å². The van der Waals surface area contributed by atoms with E-state index in [0.29, 0.717) is 39.2 Å². The number of benzene rings is 2. The third-order valence-electron chi connectivity index (χ3n) is 4.96. The molecule has 0 aliphatic rings. The zero-order valence-corrected chi connectivity index (χ0v) is 21.2. The van der Waals surface area contributed by atoms with Gasteiger partial charge in [-0.2, -0.15) is 0 Å². The van der Waals surface area contributed by atoms with Crippen molar-refractivity contribution in [3.8, 4) is 22.4 Å². The lowest BCUT2D eigenvalue weighted by Crippen LogP contribution is -2.22. The molecule has 0 aliphatic carbocycles. The number of aromatic nitrogens is 2. The van der Waals surface area contributed by atoms with Crippen LogP contribution >= 0.6 is 23.3 Å². The second-order valence-corrected chi connectivity index (χ2v) is 8.79. The number of hydrogen-bond acceptors (Lipinski definition) is 11. The fraction of sp³-hybridized carbons (Fsp3) is 0.261. The first-order chi connectivity index (χ1) is 17.0. The van der Waals surface area contributed by atoms with Gasteiger partial charge in [0.1, 0.15) is 22.6 Å². The summed E-state index contributed by atoms with van der Waals surface area (Å²) in [4.78, 5) is 16.5. The van der Waals surface area contributed by atoms with Gasteiger partial charge in [0.2, 0.25) is 0 Å². The van der Waals surface area contributed by atoms with Crippen LogP contribution in [0, 0.1) is 0 Å². The summed E-state index contributed by atoms with van der Waals surface area (Å²) in [6, 6.07) is 9.52. The molecular weight excluding hydrogens is 492 g/mol. The molecule has 0 radical (unpaired) electrons. The average Bonchev–Trinajstić information content (AvgIpc) is 3.51. The molecule has 0 spiro atoms. The van der Waals surface area contributed by atoms with Crippen molar-refractivity contribution in [1.82, 2.24) is 15.5 Å². The fourth-order valence-electron chi connectivity index (χ4n) is 3.18. The third-order valence-corrected chi connectivity index (χ3v) is 6.56. The second-order valence-electron chi connectivity index (χ2n) is 7.12. The Bertz CT molecular complexity index is 1320. The van der Waals surface area contributed by atoms with Gasteiger partial charge < -0.3 is 33.5 Å². The Morgan fingerprint density at radius 3 is 2.71 bits per heavy atom. The summed E-state index contributed by atoms with van der Waals surface area (Å²) < 4.78 is 30.3. The van der Waals surface area contributed by atoms with Crippen molar-refractivity contribution in [2.24, 2.45) is 0 Å². The number of nitrogens with zero attached hydrogens (tertiary/aromatic N) is 2. The van der Waals surface area contributed by atoms with Gasteiger partial charge in [0.05, 0.1) is 38.5 Å². The molecule has 0 unspecified atom stereocenters. The SMILES string of the molecule is CCc1ccc(OC)c(SNc2noc3cc(Oc4nc(CNC(=O)OC)cs4)cc(OC)c23)c1. The van der Waals surface area contributed by atoms with E-state index in [1.807, 2.05) is 12.1 Å². The van der Waals surface area contributed by atoms with Crippen molar-refractivity contribution >= 4 is 46.2 Å². The highest BCUT2D eigenvalue weighted by atomic mass is 32.2. The molecule has 0 aliphatic heterocycles. The van der Waals surface area contributed by atoms with Crippen LogP contribution in [0.25, 0.3) is 11.0 Å². The lowest BCUT2D eigenvalue weighted by atomic mass is 10.2. The van der Waals surface area contributed by atoms with Gasteiger partial charge in [-0.25, -0.2) is 9.78 Å². The summed E-state index contributed by atoms with van der Waals surface area (Å²) in [5.41, 5.74) is 2.33. The number of amides is 1. The molecule has 0 saturated carbocycles. The first-order valence-corrected chi connectivity index (χ1v) is 12.3. The summed E-state index contributed by atoms with van der Waals surface area (Å²) in [5.74, 6) is 2.28. The van der Waals surface area contributed by atoms with Crippen molar-refractivity contribution in [3.63, 3.8) is 0 Å². The summed E-state index contributed by atoms with van der Waals surface area (Å²) in [5, 5.41) is 9.62. The lowest BCUT2D eigenvalue weighted by molar-refractivity contribution is 0.170. The van der Waals surface area contributed by atoms with Crippen molar-refractivity contribution in [1.29, 1.82) is 0 Å². The fourth-order valence-corrected chi connectivity index (χ4v) is 4.67. The number of fused-ring (bicyclic) bond motifs is 1. The van der Waals surface area contributed by atoms with Crippen LogP contribution in [-0.2, 0) is 17.7 Å². The molecule has 2 aromatic heterocycles. The summed E-state index contributed by atoms with van der Waals surface area (Å²) in [6.45, 7) is 2.33. The Labute approximate surface area is 210 Å². The van der Waals surface area contributed by atoms with Gasteiger partial charge in [0.15, 0.2) is 11.4 Å². The predicted molar refractivity (Wildman–Crippen MR) is 134 cm³/mol. The van der Waals surface area contributed by atoms with E-state index in [1.165, 1.54) is 36.0 Å². The maximum atomic E-state index is 11.2. The molecule has 4 aromatic rings. The van der Waals surface area contributed by atoms with Gasteiger partial charge >= 0.3 is 6.09 Å². The largest absolute Gasteiger partial charge is 0.496 e. The first kappa shape index (κ1) is 24.5. The van der Waals surface area contributed by atoms with Crippen LogP contribution < -0.4 is 24.2 Å². The summed E-state index contributed by atoms with van der Waals surface area (Å²) >= 11 is 2.68. The zero-order chi connectivity index (χ0) is 24.8. The number of methoxy groups -OCH3 is 3. The molecule has 12 heteroatoms. The highest BCUT2D eigenvalue weighted by molar-refractivity contribution is 8.00. The Morgan fingerprint density at radius 1 is 1.14 bits per heavy atom. The topological polar surface area (TPSA) is 117 Å². The molecule has 35 heavy (non-hydrogen) atoms. The number of anilines is 1. The van der Waals surface area contributed by atoms with E-state index >= 15 is 0 Å². The number of alkyl carbamates (subject to hydrolysis) is 1. The second kappa shape index (κ2) is 11.2. The number of thiazole rings is 1. The molecule has 10 nitrogen and oxygen atoms in total. The number of aryl methyl sites for hydroxylation is 1. The quantitative estimate of drug-likeness (QED) is 0.257. The van der Waals surface area contributed by atoms with E-state index in [-0.39, 0.29) is 6.54 Å². The smallest absolute Gasteiger partial charge is 0.407 e. The van der Waals surface area contributed by atoms with Crippen LogP contribution in [0.1, 0.15) is 18.2 Å². The number of carbonyl (C=O) groups is 1. The Hall–Kier alpha value is -3.64. The number of ether oxygens (including phenoxy) is 4. The van der Waals surface area contributed by atoms with Crippen LogP contribution in [0.15, 0.2) is 45.1 Å². The number of nitrogens with one attached hydrogen (secondary N) is 2. The molecular formula is C23H24N4O6S2. The van der Waals surface area contributed by atoms with Crippen molar-refractivity contribution in [2.45, 2.75) is 24.8 Å². The minimum atomic E-state index is -0.528. The van der Waals surface area contributed by atoms with Crippen LogP contribution in [0.4, 0.5) is 10.6 Å². The van der Waals surface area contributed by atoms with Crippen LogP contribution in [0.5, 0.6) is 22.4 Å². The van der Waals surface area contributed by atoms with E-state index in [1.54, 1.807) is 31.7 Å². The summed E-state index contributed by atoms with van der Waals surface area (Å²) in [7, 11) is 4.51. The molecule has 0 saturated heterocycles. The van der Waals surface area contributed by atoms with Gasteiger partial charge in [-0.05, 0) is 36.1 Å². The molecule has 0 bridgehead atoms. The Kier molecular flexibility index (Phi) is 7.83. The van der Waals surface area contributed by atoms with E-state index in [4.69, 9.17) is 18.7 Å².